The minimum atomic E-state index is -0.0242. The van der Waals surface area contributed by atoms with Gasteiger partial charge in [0.25, 0.3) is 0 Å². The molecule has 0 spiro atoms. The minimum absolute atomic E-state index is 0.0242. The van der Waals surface area contributed by atoms with Crippen LogP contribution >= 0.6 is 11.6 Å². The van der Waals surface area contributed by atoms with Crippen molar-refractivity contribution in [2.45, 2.75) is 18.9 Å². The third kappa shape index (κ3) is 3.14. The van der Waals surface area contributed by atoms with Gasteiger partial charge in [-0.3, -0.25) is 4.79 Å². The van der Waals surface area contributed by atoms with Crippen LogP contribution in [0, 0.1) is 11.3 Å². The summed E-state index contributed by atoms with van der Waals surface area (Å²) in [7, 11) is 1.78. The number of nitrogens with zero attached hydrogens (tertiary/aromatic N) is 2. The summed E-state index contributed by atoms with van der Waals surface area (Å²) in [5, 5.41) is 12.5. The fourth-order valence-corrected chi connectivity index (χ4v) is 1.88. The lowest BCUT2D eigenvalue weighted by Gasteiger charge is -2.20. The summed E-state index contributed by atoms with van der Waals surface area (Å²) in [6.07, 6.45) is 2.13. The van der Waals surface area contributed by atoms with Gasteiger partial charge in [-0.1, -0.05) is 11.6 Å². The summed E-state index contributed by atoms with van der Waals surface area (Å²) in [4.78, 5) is 13.4. The van der Waals surface area contributed by atoms with Gasteiger partial charge in [0, 0.05) is 18.1 Å². The molecule has 94 valence electrons. The highest BCUT2D eigenvalue weighted by Crippen LogP contribution is 2.23. The Morgan fingerprint density at radius 3 is 2.94 bits per heavy atom. The number of nitrogens with one attached hydrogen (secondary N) is 1. The van der Waals surface area contributed by atoms with E-state index < -0.39 is 0 Å². The van der Waals surface area contributed by atoms with E-state index in [9.17, 15) is 4.79 Å². The Morgan fingerprint density at radius 2 is 2.33 bits per heavy atom. The number of anilines is 1. The number of hydrogen-bond donors (Lipinski definition) is 1. The summed E-state index contributed by atoms with van der Waals surface area (Å²) in [5.74, 6) is -0.0242. The number of halogens is 1. The average molecular weight is 264 g/mol. The molecule has 0 aromatic heterocycles. The quantitative estimate of drug-likeness (QED) is 0.903. The first-order valence-electron chi connectivity index (χ1n) is 5.80. The monoisotopic (exact) mass is 263 g/mol. The number of benzene rings is 1. The molecule has 0 aliphatic heterocycles. The van der Waals surface area contributed by atoms with E-state index in [1.165, 1.54) is 0 Å². The molecule has 5 heteroatoms. The topological polar surface area (TPSA) is 56.1 Å². The second-order valence-corrected chi connectivity index (χ2v) is 4.91. The number of amides is 1. The Morgan fingerprint density at radius 1 is 1.61 bits per heavy atom. The maximum atomic E-state index is 11.7. The number of nitriles is 1. The van der Waals surface area contributed by atoms with Crippen LogP contribution in [0.1, 0.15) is 18.4 Å². The molecular formula is C13H14ClN3O. The van der Waals surface area contributed by atoms with Crippen LogP contribution in [0.25, 0.3) is 0 Å². The fourth-order valence-electron chi connectivity index (χ4n) is 1.72. The second kappa shape index (κ2) is 5.28. The first kappa shape index (κ1) is 12.7. The van der Waals surface area contributed by atoms with E-state index in [4.69, 9.17) is 16.9 Å². The van der Waals surface area contributed by atoms with Gasteiger partial charge in [0.1, 0.15) is 6.07 Å². The van der Waals surface area contributed by atoms with Crippen LogP contribution in [0.5, 0.6) is 0 Å². The molecule has 0 heterocycles. The van der Waals surface area contributed by atoms with Crippen LogP contribution in [-0.2, 0) is 4.79 Å². The zero-order valence-corrected chi connectivity index (χ0v) is 10.9. The standard InChI is InChI=1S/C13H14ClN3O/c1-17(8-13(18)16-11-4-5-11)12-6-10(14)3-2-9(12)7-15/h2-3,6,11H,4-5,8H2,1H3,(H,16,18). The smallest absolute Gasteiger partial charge is 0.239 e. The molecule has 1 fully saturated rings. The molecule has 1 saturated carbocycles. The maximum absolute atomic E-state index is 11.7. The van der Waals surface area contributed by atoms with Crippen molar-refractivity contribution in [2.24, 2.45) is 0 Å². The third-order valence-electron chi connectivity index (χ3n) is 2.81. The maximum Gasteiger partial charge on any atom is 0.239 e. The van der Waals surface area contributed by atoms with Gasteiger partial charge in [0.05, 0.1) is 17.8 Å². The first-order chi connectivity index (χ1) is 8.60. The van der Waals surface area contributed by atoms with E-state index in [-0.39, 0.29) is 12.5 Å². The number of rotatable bonds is 4. The van der Waals surface area contributed by atoms with Crippen LogP contribution in [0.2, 0.25) is 5.02 Å². The van der Waals surface area contributed by atoms with Gasteiger partial charge in [0.15, 0.2) is 0 Å². The molecule has 0 saturated heterocycles. The molecule has 1 aliphatic carbocycles. The van der Waals surface area contributed by atoms with Crippen LogP contribution in [-0.4, -0.2) is 25.5 Å². The van der Waals surface area contributed by atoms with E-state index >= 15 is 0 Å². The Labute approximate surface area is 111 Å². The van der Waals surface area contributed by atoms with Gasteiger partial charge in [0.2, 0.25) is 5.91 Å². The summed E-state index contributed by atoms with van der Waals surface area (Å²) in [6, 6.07) is 7.47. The minimum Gasteiger partial charge on any atom is -0.364 e. The lowest BCUT2D eigenvalue weighted by atomic mass is 10.2. The van der Waals surface area contributed by atoms with Crippen LogP contribution < -0.4 is 10.2 Å². The van der Waals surface area contributed by atoms with Crippen molar-refractivity contribution in [1.82, 2.24) is 5.32 Å². The molecule has 1 aromatic rings. The summed E-state index contributed by atoms with van der Waals surface area (Å²) >= 11 is 5.91. The Bertz CT molecular complexity index is 505. The van der Waals surface area contributed by atoms with E-state index in [0.29, 0.717) is 22.3 Å². The summed E-state index contributed by atoms with van der Waals surface area (Å²) in [5.41, 5.74) is 1.19. The molecule has 2 rings (SSSR count). The Hall–Kier alpha value is -1.73. The van der Waals surface area contributed by atoms with Crippen molar-refractivity contribution in [3.8, 4) is 6.07 Å². The van der Waals surface area contributed by atoms with E-state index in [2.05, 4.69) is 11.4 Å². The largest absolute Gasteiger partial charge is 0.364 e. The summed E-state index contributed by atoms with van der Waals surface area (Å²) in [6.45, 7) is 0.228. The SMILES string of the molecule is CN(CC(=O)NC1CC1)c1cc(Cl)ccc1C#N. The number of likely N-dealkylation sites (N-methyl/N-ethyl adjacent to an activating group) is 1. The predicted octanol–water partition coefficient (Wildman–Crippen LogP) is 1.93. The van der Waals surface area contributed by atoms with Crippen molar-refractivity contribution < 1.29 is 4.79 Å². The van der Waals surface area contributed by atoms with Crippen molar-refractivity contribution in [2.75, 3.05) is 18.5 Å². The number of carbonyl (C=O) groups is 1. The molecular weight excluding hydrogens is 250 g/mol. The molecule has 18 heavy (non-hydrogen) atoms. The van der Waals surface area contributed by atoms with Crippen molar-refractivity contribution >= 4 is 23.2 Å². The van der Waals surface area contributed by atoms with Crippen molar-refractivity contribution in [3.63, 3.8) is 0 Å². The molecule has 1 amide bonds. The Kier molecular flexibility index (Phi) is 3.73. The van der Waals surface area contributed by atoms with E-state index in [0.717, 1.165) is 12.8 Å². The molecule has 1 aliphatic rings. The Balaban J connectivity index is 2.07. The van der Waals surface area contributed by atoms with Crippen molar-refractivity contribution in [3.05, 3.63) is 28.8 Å². The average Bonchev–Trinajstić information content (AvgIpc) is 3.12. The molecule has 1 aromatic carbocycles. The highest BCUT2D eigenvalue weighted by molar-refractivity contribution is 6.30. The highest BCUT2D eigenvalue weighted by Gasteiger charge is 2.23. The zero-order chi connectivity index (χ0) is 13.1. The zero-order valence-electron chi connectivity index (χ0n) is 10.1. The number of carbonyl (C=O) groups excluding carboxylic acids is 1. The van der Waals surface area contributed by atoms with E-state index in [1.807, 2.05) is 0 Å². The normalized spacial score (nSPS) is 13.8. The lowest BCUT2D eigenvalue weighted by molar-refractivity contribution is -0.119. The fraction of sp³-hybridized carbons (Fsp3) is 0.385. The van der Waals surface area contributed by atoms with Gasteiger partial charge in [-0.15, -0.1) is 0 Å². The molecule has 0 radical (unpaired) electrons. The van der Waals surface area contributed by atoms with Gasteiger partial charge < -0.3 is 10.2 Å². The first-order valence-corrected chi connectivity index (χ1v) is 6.18. The molecule has 4 nitrogen and oxygen atoms in total. The molecule has 0 atom stereocenters. The van der Waals surface area contributed by atoms with Gasteiger partial charge in [-0.25, -0.2) is 0 Å². The van der Waals surface area contributed by atoms with Crippen LogP contribution in [0.3, 0.4) is 0 Å². The summed E-state index contributed by atoms with van der Waals surface area (Å²) < 4.78 is 0. The lowest BCUT2D eigenvalue weighted by Crippen LogP contribution is -2.36. The third-order valence-corrected chi connectivity index (χ3v) is 3.05. The van der Waals surface area contributed by atoms with Gasteiger partial charge in [-0.05, 0) is 31.0 Å². The predicted molar refractivity (Wildman–Crippen MR) is 70.6 cm³/mol. The van der Waals surface area contributed by atoms with E-state index in [1.54, 1.807) is 30.1 Å². The molecule has 1 N–H and O–H groups in total. The van der Waals surface area contributed by atoms with Gasteiger partial charge >= 0.3 is 0 Å². The molecule has 0 bridgehead atoms. The van der Waals surface area contributed by atoms with Crippen molar-refractivity contribution in [1.29, 1.82) is 5.26 Å². The second-order valence-electron chi connectivity index (χ2n) is 4.47. The number of hydrogen-bond acceptors (Lipinski definition) is 3. The molecule has 0 unspecified atom stereocenters. The van der Waals surface area contributed by atoms with Crippen LogP contribution in [0.4, 0.5) is 5.69 Å². The van der Waals surface area contributed by atoms with Crippen LogP contribution in [0.15, 0.2) is 18.2 Å². The highest BCUT2D eigenvalue weighted by atomic mass is 35.5. The van der Waals surface area contributed by atoms with Gasteiger partial charge in [-0.2, -0.15) is 5.26 Å².